The maximum Gasteiger partial charge on any atom is 0.339 e. The number of ketones is 1. The minimum Gasteiger partial charge on any atom is -0.484 e. The molecular formula is C21H23N3O5S. The van der Waals surface area contributed by atoms with Crippen LogP contribution in [0.15, 0.2) is 33.9 Å². The van der Waals surface area contributed by atoms with Gasteiger partial charge in [-0.1, -0.05) is 23.9 Å². The van der Waals surface area contributed by atoms with Crippen molar-refractivity contribution in [1.29, 1.82) is 0 Å². The van der Waals surface area contributed by atoms with Crippen molar-refractivity contribution in [2.75, 3.05) is 7.11 Å². The largest absolute Gasteiger partial charge is 0.484 e. The van der Waals surface area contributed by atoms with Crippen molar-refractivity contribution in [3.8, 4) is 5.75 Å². The quantitative estimate of drug-likeness (QED) is 0.325. The molecule has 8 nitrogen and oxygen atoms in total. The molecule has 0 saturated carbocycles. The fraction of sp³-hybridized carbons (Fsp3) is 0.333. The first-order valence-corrected chi connectivity index (χ1v) is 10.2. The van der Waals surface area contributed by atoms with Crippen LogP contribution in [0.2, 0.25) is 0 Å². The van der Waals surface area contributed by atoms with Gasteiger partial charge in [0.05, 0.1) is 23.6 Å². The molecule has 0 bridgehead atoms. The van der Waals surface area contributed by atoms with Gasteiger partial charge in [0, 0.05) is 5.69 Å². The molecule has 0 fully saturated rings. The Bertz CT molecular complexity index is 1070. The molecule has 0 unspecified atom stereocenters. The monoisotopic (exact) mass is 429 g/mol. The number of methoxy groups -OCH3 is 1. The molecule has 9 heteroatoms. The van der Waals surface area contributed by atoms with Crippen LogP contribution >= 0.6 is 11.8 Å². The van der Waals surface area contributed by atoms with E-state index in [4.69, 9.17) is 13.9 Å². The highest BCUT2D eigenvalue weighted by molar-refractivity contribution is 8.00. The number of nitrogens with zero attached hydrogens (tertiary/aromatic N) is 2. The molecule has 30 heavy (non-hydrogen) atoms. The molecule has 1 aromatic carbocycles. The topological polar surface area (TPSA) is 107 Å². The van der Waals surface area contributed by atoms with Gasteiger partial charge in [-0.05, 0) is 51.0 Å². The molecule has 2 aromatic heterocycles. The number of ether oxygens (including phenoxy) is 2. The van der Waals surface area contributed by atoms with Crippen molar-refractivity contribution in [2.24, 2.45) is 0 Å². The average molecular weight is 429 g/mol. The van der Waals surface area contributed by atoms with Gasteiger partial charge in [0.1, 0.15) is 5.75 Å². The molecule has 0 spiro atoms. The zero-order valence-electron chi connectivity index (χ0n) is 17.4. The van der Waals surface area contributed by atoms with Crippen LogP contribution < -0.4 is 4.74 Å². The van der Waals surface area contributed by atoms with E-state index in [1.807, 2.05) is 31.2 Å². The van der Waals surface area contributed by atoms with Crippen molar-refractivity contribution in [2.45, 2.75) is 44.8 Å². The summed E-state index contributed by atoms with van der Waals surface area (Å²) in [5, 5.41) is 7.71. The van der Waals surface area contributed by atoms with Gasteiger partial charge in [0.15, 0.2) is 12.4 Å². The number of esters is 1. The van der Waals surface area contributed by atoms with Crippen LogP contribution in [0.1, 0.15) is 50.5 Å². The van der Waals surface area contributed by atoms with E-state index in [-0.39, 0.29) is 17.6 Å². The average Bonchev–Trinajstić information content (AvgIpc) is 3.28. The van der Waals surface area contributed by atoms with Gasteiger partial charge in [-0.15, -0.1) is 10.2 Å². The first-order chi connectivity index (χ1) is 14.3. The summed E-state index contributed by atoms with van der Waals surface area (Å²) in [4.78, 5) is 27.8. The molecule has 0 saturated heterocycles. The van der Waals surface area contributed by atoms with Crippen molar-refractivity contribution >= 4 is 23.5 Å². The highest BCUT2D eigenvalue weighted by Gasteiger charge is 2.27. The van der Waals surface area contributed by atoms with Crippen molar-refractivity contribution in [3.63, 3.8) is 0 Å². The molecule has 0 radical (unpaired) electrons. The number of hydrogen-bond donors (Lipinski definition) is 1. The number of aromatic nitrogens is 3. The Morgan fingerprint density at radius 1 is 1.23 bits per heavy atom. The number of rotatable bonds is 8. The predicted octanol–water partition coefficient (Wildman–Crippen LogP) is 4.05. The summed E-state index contributed by atoms with van der Waals surface area (Å²) in [6.45, 7) is 7.30. The van der Waals surface area contributed by atoms with Crippen LogP contribution in [0.4, 0.5) is 0 Å². The Morgan fingerprint density at radius 3 is 2.70 bits per heavy atom. The van der Waals surface area contributed by atoms with Gasteiger partial charge in [0.25, 0.3) is 11.1 Å². The second kappa shape index (κ2) is 9.17. The summed E-state index contributed by atoms with van der Waals surface area (Å²) in [6.07, 6.45) is 0. The molecule has 2 heterocycles. The van der Waals surface area contributed by atoms with E-state index in [9.17, 15) is 9.59 Å². The smallest absolute Gasteiger partial charge is 0.339 e. The van der Waals surface area contributed by atoms with E-state index in [1.165, 1.54) is 7.11 Å². The van der Waals surface area contributed by atoms with Crippen molar-refractivity contribution < 1.29 is 23.5 Å². The number of hydrogen-bond acceptors (Lipinski definition) is 8. The lowest BCUT2D eigenvalue weighted by Gasteiger charge is -2.07. The highest BCUT2D eigenvalue weighted by Crippen LogP contribution is 2.27. The van der Waals surface area contributed by atoms with Crippen LogP contribution in [0, 0.1) is 20.8 Å². The molecule has 3 rings (SSSR count). The van der Waals surface area contributed by atoms with Crippen LogP contribution in [0.25, 0.3) is 0 Å². The molecule has 1 atom stereocenters. The summed E-state index contributed by atoms with van der Waals surface area (Å²) < 4.78 is 16.0. The molecule has 1 N–H and O–H groups in total. The van der Waals surface area contributed by atoms with Gasteiger partial charge < -0.3 is 18.9 Å². The first-order valence-electron chi connectivity index (χ1n) is 9.30. The number of benzene rings is 1. The Hall–Kier alpha value is -3.07. The van der Waals surface area contributed by atoms with E-state index in [0.29, 0.717) is 34.2 Å². The third kappa shape index (κ3) is 4.73. The summed E-state index contributed by atoms with van der Waals surface area (Å²) >= 11 is 1.15. The van der Waals surface area contributed by atoms with Gasteiger partial charge in [-0.2, -0.15) is 0 Å². The Kier molecular flexibility index (Phi) is 6.61. The summed E-state index contributed by atoms with van der Waals surface area (Å²) in [5.41, 5.74) is 3.00. The number of thioether (sulfide) groups is 1. The normalized spacial score (nSPS) is 11.9. The Labute approximate surface area is 178 Å². The second-order valence-electron chi connectivity index (χ2n) is 6.81. The van der Waals surface area contributed by atoms with Crippen LogP contribution in [0.3, 0.4) is 0 Å². The zero-order chi connectivity index (χ0) is 21.8. The number of aryl methyl sites for hydroxylation is 2. The second-order valence-corrected chi connectivity index (χ2v) is 8.10. The van der Waals surface area contributed by atoms with Crippen LogP contribution in [0.5, 0.6) is 5.75 Å². The third-order valence-corrected chi connectivity index (χ3v) is 5.45. The summed E-state index contributed by atoms with van der Waals surface area (Å²) in [6, 6.07) is 7.65. The lowest BCUT2D eigenvalue weighted by Crippen LogP contribution is -2.15. The number of H-pyrrole nitrogens is 1. The summed E-state index contributed by atoms with van der Waals surface area (Å²) in [5.74, 6) is 0.380. The Balaban J connectivity index is 1.64. The van der Waals surface area contributed by atoms with E-state index >= 15 is 0 Å². The Morgan fingerprint density at radius 2 is 2.00 bits per heavy atom. The van der Waals surface area contributed by atoms with Gasteiger partial charge in [-0.25, -0.2) is 4.79 Å². The van der Waals surface area contributed by atoms with Gasteiger partial charge in [-0.3, -0.25) is 4.79 Å². The maximum absolute atomic E-state index is 12.9. The SMILES string of the molecule is COC(=O)c1c(C)[nH]c(C(=O)[C@H](C)Sc2nnc(COc3cccc(C)c3)o2)c1C. The van der Waals surface area contributed by atoms with Crippen molar-refractivity contribution in [1.82, 2.24) is 15.2 Å². The fourth-order valence-electron chi connectivity index (χ4n) is 3.01. The number of carbonyl (C=O) groups is 2. The fourth-order valence-corrected chi connectivity index (χ4v) is 3.77. The summed E-state index contributed by atoms with van der Waals surface area (Å²) in [7, 11) is 1.31. The lowest BCUT2D eigenvalue weighted by molar-refractivity contribution is 0.0599. The molecular weight excluding hydrogens is 406 g/mol. The van der Waals surface area contributed by atoms with E-state index in [2.05, 4.69) is 15.2 Å². The molecule has 0 aliphatic heterocycles. The number of aromatic amines is 1. The van der Waals surface area contributed by atoms with E-state index in [0.717, 1.165) is 17.3 Å². The molecule has 0 amide bonds. The van der Waals surface area contributed by atoms with Gasteiger partial charge >= 0.3 is 5.97 Å². The third-order valence-electron chi connectivity index (χ3n) is 4.52. The lowest BCUT2D eigenvalue weighted by atomic mass is 10.1. The van der Waals surface area contributed by atoms with Crippen LogP contribution in [-0.2, 0) is 11.3 Å². The number of carbonyl (C=O) groups excluding carboxylic acids is 2. The number of Topliss-reactive ketones (excluding diaryl/α,β-unsaturated/α-hetero) is 1. The van der Waals surface area contributed by atoms with Gasteiger partial charge in [0.2, 0.25) is 0 Å². The first kappa shape index (κ1) is 21.6. The maximum atomic E-state index is 12.9. The van der Waals surface area contributed by atoms with Crippen molar-refractivity contribution in [3.05, 3.63) is 58.2 Å². The minimum atomic E-state index is -0.502. The molecule has 158 valence electrons. The zero-order valence-corrected chi connectivity index (χ0v) is 18.3. The molecule has 0 aliphatic carbocycles. The van der Waals surface area contributed by atoms with E-state index < -0.39 is 11.2 Å². The molecule has 0 aliphatic rings. The minimum absolute atomic E-state index is 0.136. The predicted molar refractivity (Wildman–Crippen MR) is 111 cm³/mol. The number of nitrogens with one attached hydrogen (secondary N) is 1. The van der Waals surface area contributed by atoms with Crippen LogP contribution in [-0.4, -0.2) is 39.3 Å². The molecule has 3 aromatic rings. The standard InChI is InChI=1S/C21H23N3O5S/c1-11-7-6-8-15(9-11)28-10-16-23-24-21(29-16)30-14(4)19(25)18-12(2)17(13(3)22-18)20(26)27-5/h6-9,14,22H,10H2,1-5H3/t14-/m0/s1. The van der Waals surface area contributed by atoms with E-state index in [1.54, 1.807) is 20.8 Å². The highest BCUT2D eigenvalue weighted by atomic mass is 32.2.